The first-order valence-electron chi connectivity index (χ1n) is 4.89. The van der Waals surface area contributed by atoms with Crippen molar-refractivity contribution in [3.8, 4) is 0 Å². The van der Waals surface area contributed by atoms with Crippen LogP contribution < -0.4 is 5.32 Å². The van der Waals surface area contributed by atoms with Gasteiger partial charge in [-0.1, -0.05) is 37.3 Å². The molecule has 0 aliphatic heterocycles. The van der Waals surface area contributed by atoms with E-state index >= 15 is 0 Å². The lowest BCUT2D eigenvalue weighted by Gasteiger charge is -2.03. The summed E-state index contributed by atoms with van der Waals surface area (Å²) in [7, 11) is 1.83. The number of rotatable bonds is 5. The number of carbonyl (C=O) groups excluding carboxylic acids is 1. The fraction of sp³-hybridized carbons (Fsp3) is 0.250. The third-order valence-corrected chi connectivity index (χ3v) is 2.79. The number of benzene rings is 1. The van der Waals surface area contributed by atoms with E-state index in [2.05, 4.69) is 12.2 Å². The lowest BCUT2D eigenvalue weighted by Crippen LogP contribution is -2.06. The second-order valence-corrected chi connectivity index (χ2v) is 4.23. The number of allylic oxidation sites excluding steroid dienone is 1. The van der Waals surface area contributed by atoms with E-state index in [4.69, 9.17) is 0 Å². The number of ketones is 1. The lowest BCUT2D eigenvalue weighted by molar-refractivity contribution is 0.104. The van der Waals surface area contributed by atoms with Gasteiger partial charge in [-0.2, -0.15) is 0 Å². The highest BCUT2D eigenvalue weighted by Gasteiger charge is 2.03. The Morgan fingerprint density at radius 2 is 2.07 bits per heavy atom. The van der Waals surface area contributed by atoms with Crippen LogP contribution in [0, 0.1) is 0 Å². The van der Waals surface area contributed by atoms with Crippen molar-refractivity contribution < 1.29 is 4.79 Å². The maximum Gasteiger partial charge on any atom is 0.188 e. The predicted molar refractivity (Wildman–Crippen MR) is 66.0 cm³/mol. The summed E-state index contributed by atoms with van der Waals surface area (Å²) in [6, 6.07) is 9.28. The predicted octanol–water partition coefficient (Wildman–Crippen LogP) is 2.68. The van der Waals surface area contributed by atoms with Crippen molar-refractivity contribution >= 4 is 17.5 Å². The molecule has 0 aromatic heterocycles. The number of thioether (sulfide) groups is 1. The Hall–Kier alpha value is -1.22. The van der Waals surface area contributed by atoms with E-state index in [1.165, 1.54) is 0 Å². The molecule has 0 spiro atoms. The van der Waals surface area contributed by atoms with Gasteiger partial charge in [-0.15, -0.1) is 11.8 Å². The zero-order chi connectivity index (χ0) is 11.1. The maximum atomic E-state index is 11.8. The van der Waals surface area contributed by atoms with Crippen molar-refractivity contribution in [3.63, 3.8) is 0 Å². The number of carbonyl (C=O) groups is 1. The molecule has 0 atom stereocenters. The zero-order valence-corrected chi connectivity index (χ0v) is 9.80. The molecule has 1 aromatic rings. The van der Waals surface area contributed by atoms with Crippen LogP contribution in [0.2, 0.25) is 0 Å². The molecule has 3 heteroatoms. The van der Waals surface area contributed by atoms with Gasteiger partial charge in [-0.05, 0) is 5.75 Å². The second kappa shape index (κ2) is 6.30. The average Bonchev–Trinajstić information content (AvgIpc) is 2.29. The normalized spacial score (nSPS) is 11.2. The standard InChI is InChI=1S/C12H15NOS/c1-3-15-12(13-2)9-11(14)10-7-5-4-6-8-10/h4-9,13H,3H2,1-2H3/b12-9+. The minimum Gasteiger partial charge on any atom is -0.383 e. The lowest BCUT2D eigenvalue weighted by atomic mass is 10.1. The van der Waals surface area contributed by atoms with Crippen LogP contribution in [-0.2, 0) is 0 Å². The number of nitrogens with one attached hydrogen (secondary N) is 1. The van der Waals surface area contributed by atoms with Gasteiger partial charge in [0.25, 0.3) is 0 Å². The molecule has 0 heterocycles. The van der Waals surface area contributed by atoms with Crippen LogP contribution in [0.4, 0.5) is 0 Å². The summed E-state index contributed by atoms with van der Waals surface area (Å²) in [6.07, 6.45) is 1.64. The van der Waals surface area contributed by atoms with E-state index in [1.54, 1.807) is 17.8 Å². The van der Waals surface area contributed by atoms with Gasteiger partial charge in [0.2, 0.25) is 0 Å². The molecule has 0 fully saturated rings. The topological polar surface area (TPSA) is 29.1 Å². The van der Waals surface area contributed by atoms with Gasteiger partial charge in [0.1, 0.15) is 0 Å². The first-order valence-corrected chi connectivity index (χ1v) is 5.88. The molecule has 15 heavy (non-hydrogen) atoms. The average molecular weight is 221 g/mol. The summed E-state index contributed by atoms with van der Waals surface area (Å²) in [4.78, 5) is 11.8. The quantitative estimate of drug-likeness (QED) is 0.612. The van der Waals surface area contributed by atoms with Gasteiger partial charge in [0, 0.05) is 18.7 Å². The Labute approximate surface area is 94.8 Å². The smallest absolute Gasteiger partial charge is 0.188 e. The van der Waals surface area contributed by atoms with E-state index in [-0.39, 0.29) is 5.78 Å². The third kappa shape index (κ3) is 3.80. The SMILES string of the molecule is CCS/C(=C/C(=O)c1ccccc1)NC. The van der Waals surface area contributed by atoms with Gasteiger partial charge < -0.3 is 5.32 Å². The highest BCUT2D eigenvalue weighted by molar-refractivity contribution is 8.03. The van der Waals surface area contributed by atoms with Crippen molar-refractivity contribution in [1.29, 1.82) is 0 Å². The van der Waals surface area contributed by atoms with Crippen LogP contribution in [0.1, 0.15) is 17.3 Å². The fourth-order valence-corrected chi connectivity index (χ4v) is 1.79. The van der Waals surface area contributed by atoms with Gasteiger partial charge >= 0.3 is 0 Å². The van der Waals surface area contributed by atoms with E-state index in [0.29, 0.717) is 0 Å². The minimum atomic E-state index is 0.0425. The van der Waals surface area contributed by atoms with Crippen molar-refractivity contribution in [1.82, 2.24) is 5.32 Å². The molecule has 80 valence electrons. The first kappa shape index (κ1) is 11.9. The molecule has 0 aliphatic rings. The monoisotopic (exact) mass is 221 g/mol. The van der Waals surface area contributed by atoms with Crippen molar-refractivity contribution in [2.75, 3.05) is 12.8 Å². The van der Waals surface area contributed by atoms with E-state index < -0.39 is 0 Å². The summed E-state index contributed by atoms with van der Waals surface area (Å²) < 4.78 is 0. The molecule has 2 nitrogen and oxygen atoms in total. The molecule has 0 saturated heterocycles. The molecule has 1 rings (SSSR count). The van der Waals surface area contributed by atoms with Crippen molar-refractivity contribution in [3.05, 3.63) is 47.0 Å². The van der Waals surface area contributed by atoms with Crippen molar-refractivity contribution in [2.45, 2.75) is 6.92 Å². The molecule has 0 radical (unpaired) electrons. The van der Waals surface area contributed by atoms with Gasteiger partial charge in [-0.25, -0.2) is 0 Å². The second-order valence-electron chi connectivity index (χ2n) is 2.92. The van der Waals surface area contributed by atoms with Crippen LogP contribution >= 0.6 is 11.8 Å². The highest BCUT2D eigenvalue weighted by atomic mass is 32.2. The molecule has 1 aromatic carbocycles. The molecule has 0 unspecified atom stereocenters. The van der Waals surface area contributed by atoms with Crippen molar-refractivity contribution in [2.24, 2.45) is 0 Å². The number of hydrogen-bond donors (Lipinski definition) is 1. The molecule has 0 amide bonds. The van der Waals surface area contributed by atoms with E-state index in [9.17, 15) is 4.79 Å². The van der Waals surface area contributed by atoms with Gasteiger partial charge in [0.15, 0.2) is 5.78 Å². The maximum absolute atomic E-state index is 11.8. The third-order valence-electron chi connectivity index (χ3n) is 1.87. The summed E-state index contributed by atoms with van der Waals surface area (Å²) in [5, 5.41) is 3.92. The fourth-order valence-electron chi connectivity index (χ4n) is 1.15. The van der Waals surface area contributed by atoms with Gasteiger partial charge in [0.05, 0.1) is 5.03 Å². The number of hydrogen-bond acceptors (Lipinski definition) is 3. The van der Waals surface area contributed by atoms with E-state index in [1.807, 2.05) is 37.4 Å². The van der Waals surface area contributed by atoms with Crippen LogP contribution in [-0.4, -0.2) is 18.6 Å². The molecular formula is C12H15NOS. The molecule has 1 N–H and O–H groups in total. The Kier molecular flexibility index (Phi) is 4.98. The van der Waals surface area contributed by atoms with Gasteiger partial charge in [-0.3, -0.25) is 4.79 Å². The van der Waals surface area contributed by atoms with Crippen LogP contribution in [0.15, 0.2) is 41.4 Å². The Bertz CT molecular complexity index is 346. The zero-order valence-electron chi connectivity index (χ0n) is 8.99. The largest absolute Gasteiger partial charge is 0.383 e. The highest BCUT2D eigenvalue weighted by Crippen LogP contribution is 2.12. The van der Waals surface area contributed by atoms with Crippen LogP contribution in [0.25, 0.3) is 0 Å². The Balaban J connectivity index is 2.77. The Morgan fingerprint density at radius 1 is 1.40 bits per heavy atom. The summed E-state index contributed by atoms with van der Waals surface area (Å²) in [5.41, 5.74) is 0.724. The molecular weight excluding hydrogens is 206 g/mol. The van der Waals surface area contributed by atoms with Crippen LogP contribution in [0.3, 0.4) is 0 Å². The van der Waals surface area contributed by atoms with Crippen LogP contribution in [0.5, 0.6) is 0 Å². The summed E-state index contributed by atoms with van der Waals surface area (Å²) in [6.45, 7) is 2.06. The Morgan fingerprint density at radius 3 is 2.60 bits per heavy atom. The summed E-state index contributed by atoms with van der Waals surface area (Å²) in [5.74, 6) is 0.996. The first-order chi connectivity index (χ1) is 7.27. The minimum absolute atomic E-state index is 0.0425. The molecule has 0 aliphatic carbocycles. The molecule has 0 bridgehead atoms. The van der Waals surface area contributed by atoms with E-state index in [0.717, 1.165) is 16.3 Å². The molecule has 0 saturated carbocycles. The summed E-state index contributed by atoms with van der Waals surface area (Å²) >= 11 is 1.63.